The number of aromatic nitrogens is 3. The SMILES string of the molecule is Cn1c2ccncc2c2ccc(-c3ccc(OC4CC(OC5CCN(CC(F)(F)CCCOc6cccc7c6C(=O)N(C6CCC(=O)NC6=O)C7=O)CC5)C4)nc3)cc21. The highest BCUT2D eigenvalue weighted by Crippen LogP contribution is 2.36. The molecular formula is C44H44F2N6O7. The topological polar surface area (TPSA) is 145 Å². The molecular weight excluding hydrogens is 763 g/mol. The highest BCUT2D eigenvalue weighted by molar-refractivity contribution is 6.24. The van der Waals surface area contributed by atoms with Gasteiger partial charge in [0, 0.05) is 92.3 Å². The fourth-order valence-corrected chi connectivity index (χ4v) is 8.75. The van der Waals surface area contributed by atoms with E-state index in [0.717, 1.165) is 50.7 Å². The summed E-state index contributed by atoms with van der Waals surface area (Å²) >= 11 is 0. The number of carbonyl (C=O) groups excluding carboxylic acids is 4. The van der Waals surface area contributed by atoms with Crippen LogP contribution in [-0.4, -0.2) is 104 Å². The molecule has 4 aliphatic rings. The number of amides is 4. The lowest BCUT2D eigenvalue weighted by Crippen LogP contribution is -2.54. The summed E-state index contributed by atoms with van der Waals surface area (Å²) in [7, 11) is 2.06. The minimum atomic E-state index is -2.95. The number of nitrogens with one attached hydrogen (secondary N) is 1. The first-order chi connectivity index (χ1) is 28.5. The van der Waals surface area contributed by atoms with Gasteiger partial charge in [0.25, 0.3) is 17.7 Å². The standard InChI is InChI=1S/C44H44F2N6O7/c1-50-34-12-16-47-24-33(34)31-8-6-26(20-36(31)50)27-7-11-39(48-23-27)59-30-21-29(22-30)58-28-13-17-51(18-14-28)25-44(45,46)15-3-19-57-37-5-2-4-32-40(37)43(56)52(42(32)55)35-9-10-38(53)49-41(35)54/h2,4-8,11-12,16,20,23-24,28-30,35H,3,9-10,13-15,17-19,21-22,25H2,1H3,(H,49,53,54). The molecule has 6 heterocycles. The number of nitrogens with zero attached hydrogens (tertiary/aromatic N) is 5. The molecule has 3 fully saturated rings. The number of likely N-dealkylation sites (tertiary alicyclic amines) is 1. The number of fused-ring (bicyclic) bond motifs is 4. The van der Waals surface area contributed by atoms with Crippen molar-refractivity contribution in [2.45, 2.75) is 81.6 Å². The molecule has 9 rings (SSSR count). The van der Waals surface area contributed by atoms with Crippen molar-refractivity contribution in [1.29, 1.82) is 0 Å². The molecule has 2 aromatic carbocycles. The van der Waals surface area contributed by atoms with E-state index in [4.69, 9.17) is 14.2 Å². The summed E-state index contributed by atoms with van der Waals surface area (Å²) in [6.45, 7) is 0.576. The Kier molecular flexibility index (Phi) is 10.3. The molecule has 1 unspecified atom stereocenters. The van der Waals surface area contributed by atoms with E-state index < -0.39 is 42.0 Å². The highest BCUT2D eigenvalue weighted by atomic mass is 19.3. The molecule has 1 aliphatic carbocycles. The van der Waals surface area contributed by atoms with Crippen LogP contribution in [-0.2, 0) is 21.4 Å². The fraction of sp³-hybridized carbons (Fsp3) is 0.409. The van der Waals surface area contributed by atoms with E-state index >= 15 is 8.78 Å². The summed E-state index contributed by atoms with van der Waals surface area (Å²) in [5, 5.41) is 4.46. The Bertz CT molecular complexity index is 2440. The van der Waals surface area contributed by atoms with Gasteiger partial charge in [-0.05, 0) is 61.6 Å². The van der Waals surface area contributed by atoms with Gasteiger partial charge in [0.1, 0.15) is 17.9 Å². The molecule has 1 saturated carbocycles. The maximum Gasteiger partial charge on any atom is 0.266 e. The molecule has 15 heteroatoms. The molecule has 3 aliphatic heterocycles. The van der Waals surface area contributed by atoms with Crippen molar-refractivity contribution in [2.24, 2.45) is 7.05 Å². The summed E-state index contributed by atoms with van der Waals surface area (Å²) in [6.07, 6.45) is 8.15. The monoisotopic (exact) mass is 806 g/mol. The van der Waals surface area contributed by atoms with Crippen LogP contribution in [0.15, 0.2) is 73.2 Å². The largest absolute Gasteiger partial charge is 0.493 e. The molecule has 4 amide bonds. The van der Waals surface area contributed by atoms with Gasteiger partial charge in [0.15, 0.2) is 0 Å². The maximum atomic E-state index is 15.1. The van der Waals surface area contributed by atoms with Gasteiger partial charge in [-0.1, -0.05) is 18.2 Å². The van der Waals surface area contributed by atoms with Gasteiger partial charge in [-0.15, -0.1) is 0 Å². The Morgan fingerprint density at radius 1 is 0.864 bits per heavy atom. The molecule has 0 radical (unpaired) electrons. The molecule has 13 nitrogen and oxygen atoms in total. The number of aryl methyl sites for hydroxylation is 1. The van der Waals surface area contributed by atoms with E-state index in [1.54, 1.807) is 4.90 Å². The summed E-state index contributed by atoms with van der Waals surface area (Å²) in [5.74, 6) is -4.81. The quantitative estimate of drug-likeness (QED) is 0.110. The van der Waals surface area contributed by atoms with E-state index in [2.05, 4.69) is 45.1 Å². The van der Waals surface area contributed by atoms with Gasteiger partial charge in [-0.2, -0.15) is 0 Å². The third kappa shape index (κ3) is 7.76. The summed E-state index contributed by atoms with van der Waals surface area (Å²) in [5.41, 5.74) is 4.41. The number of imide groups is 2. The summed E-state index contributed by atoms with van der Waals surface area (Å²) in [6, 6.07) is 15.7. The first-order valence-electron chi connectivity index (χ1n) is 20.2. The Labute approximate surface area is 338 Å². The molecule has 1 atom stereocenters. The number of alkyl halides is 2. The van der Waals surface area contributed by atoms with Crippen LogP contribution in [0.5, 0.6) is 11.6 Å². The fourth-order valence-electron chi connectivity index (χ4n) is 8.75. The lowest BCUT2D eigenvalue weighted by Gasteiger charge is -2.40. The van der Waals surface area contributed by atoms with Gasteiger partial charge in [-0.3, -0.25) is 39.3 Å². The van der Waals surface area contributed by atoms with Gasteiger partial charge >= 0.3 is 0 Å². The number of hydrogen-bond donors (Lipinski definition) is 1. The number of pyridine rings is 2. The Morgan fingerprint density at radius 2 is 1.68 bits per heavy atom. The number of piperidine rings is 2. The van der Waals surface area contributed by atoms with Crippen LogP contribution in [0.25, 0.3) is 32.9 Å². The molecule has 5 aromatic rings. The second kappa shape index (κ2) is 15.8. The molecule has 59 heavy (non-hydrogen) atoms. The third-order valence-corrected chi connectivity index (χ3v) is 12.0. The molecule has 2 saturated heterocycles. The smallest absolute Gasteiger partial charge is 0.266 e. The molecule has 0 spiro atoms. The zero-order chi connectivity index (χ0) is 40.8. The Morgan fingerprint density at radius 3 is 2.46 bits per heavy atom. The van der Waals surface area contributed by atoms with Crippen molar-refractivity contribution < 1.29 is 42.2 Å². The minimum absolute atomic E-state index is 0.00311. The lowest BCUT2D eigenvalue weighted by molar-refractivity contribution is -0.136. The van der Waals surface area contributed by atoms with E-state index in [-0.39, 0.29) is 67.6 Å². The van der Waals surface area contributed by atoms with Crippen molar-refractivity contribution in [1.82, 2.24) is 29.7 Å². The van der Waals surface area contributed by atoms with Gasteiger partial charge in [-0.25, -0.2) is 13.8 Å². The van der Waals surface area contributed by atoms with Crippen LogP contribution >= 0.6 is 0 Å². The van der Waals surface area contributed by atoms with E-state index in [0.29, 0.717) is 31.8 Å². The zero-order valence-corrected chi connectivity index (χ0v) is 32.6. The third-order valence-electron chi connectivity index (χ3n) is 12.0. The number of ether oxygens (including phenoxy) is 3. The zero-order valence-electron chi connectivity index (χ0n) is 32.6. The predicted molar refractivity (Wildman–Crippen MR) is 212 cm³/mol. The van der Waals surface area contributed by atoms with E-state index in [1.165, 1.54) is 18.2 Å². The van der Waals surface area contributed by atoms with Crippen molar-refractivity contribution in [2.75, 3.05) is 26.2 Å². The minimum Gasteiger partial charge on any atom is -0.493 e. The van der Waals surface area contributed by atoms with Crippen LogP contribution in [0.4, 0.5) is 8.78 Å². The highest BCUT2D eigenvalue weighted by Gasteiger charge is 2.46. The van der Waals surface area contributed by atoms with Crippen molar-refractivity contribution in [3.8, 4) is 22.8 Å². The van der Waals surface area contributed by atoms with Crippen LogP contribution in [0, 0.1) is 0 Å². The average molecular weight is 807 g/mol. The first kappa shape index (κ1) is 38.7. The van der Waals surface area contributed by atoms with Crippen LogP contribution in [0.2, 0.25) is 0 Å². The normalized spacial score (nSPS) is 21.5. The van der Waals surface area contributed by atoms with Gasteiger partial charge in [0.2, 0.25) is 17.7 Å². The predicted octanol–water partition coefficient (Wildman–Crippen LogP) is 6.08. The first-order valence-corrected chi connectivity index (χ1v) is 20.2. The number of carbonyl (C=O) groups is 4. The lowest BCUT2D eigenvalue weighted by atomic mass is 9.91. The molecule has 1 N–H and O–H groups in total. The Balaban J connectivity index is 0.684. The van der Waals surface area contributed by atoms with E-state index in [1.807, 2.05) is 36.8 Å². The molecule has 0 bridgehead atoms. The van der Waals surface area contributed by atoms with Crippen LogP contribution in [0.1, 0.15) is 72.1 Å². The van der Waals surface area contributed by atoms with Crippen LogP contribution < -0.4 is 14.8 Å². The second-order valence-electron chi connectivity index (χ2n) is 15.9. The number of halogens is 2. The number of hydrogen-bond acceptors (Lipinski definition) is 10. The second-order valence-corrected chi connectivity index (χ2v) is 15.9. The van der Waals surface area contributed by atoms with E-state index in [9.17, 15) is 19.2 Å². The average Bonchev–Trinajstić information content (AvgIpc) is 3.65. The van der Waals surface area contributed by atoms with Crippen molar-refractivity contribution in [3.63, 3.8) is 0 Å². The number of benzene rings is 2. The van der Waals surface area contributed by atoms with Gasteiger partial charge < -0.3 is 18.8 Å². The maximum absolute atomic E-state index is 15.1. The summed E-state index contributed by atoms with van der Waals surface area (Å²) < 4.78 is 50.5. The van der Waals surface area contributed by atoms with Crippen LogP contribution in [0.3, 0.4) is 0 Å². The molecule has 3 aromatic heterocycles. The van der Waals surface area contributed by atoms with Gasteiger partial charge in [0.05, 0.1) is 42.0 Å². The molecule has 306 valence electrons. The summed E-state index contributed by atoms with van der Waals surface area (Å²) in [4.78, 5) is 61.8. The van der Waals surface area contributed by atoms with Crippen molar-refractivity contribution >= 4 is 45.4 Å². The van der Waals surface area contributed by atoms with Crippen molar-refractivity contribution in [3.05, 3.63) is 84.3 Å². The Hall–Kier alpha value is -5.80. The number of rotatable bonds is 13.